The lowest BCUT2D eigenvalue weighted by atomic mass is 10.2. The monoisotopic (exact) mass is 364 g/mol. The largest absolute Gasteiger partial charge is 0.441 e. The summed E-state index contributed by atoms with van der Waals surface area (Å²) >= 11 is 0. The molecule has 0 bridgehead atoms. The number of nitrogens with one attached hydrogen (secondary N) is 1. The van der Waals surface area contributed by atoms with E-state index in [4.69, 9.17) is 4.42 Å². The molecule has 6 heteroatoms. The van der Waals surface area contributed by atoms with Gasteiger partial charge in [0, 0.05) is 50.8 Å². The van der Waals surface area contributed by atoms with Crippen LogP contribution < -0.4 is 10.2 Å². The second-order valence-corrected chi connectivity index (χ2v) is 6.50. The van der Waals surface area contributed by atoms with E-state index in [1.807, 2.05) is 61.5 Å². The lowest BCUT2D eigenvalue weighted by Gasteiger charge is -2.16. The number of benzene rings is 1. The van der Waals surface area contributed by atoms with Crippen LogP contribution in [0.3, 0.4) is 0 Å². The molecule has 2 heterocycles. The third-order valence-electron chi connectivity index (χ3n) is 4.17. The van der Waals surface area contributed by atoms with E-state index >= 15 is 0 Å². The summed E-state index contributed by atoms with van der Waals surface area (Å²) in [6, 6.07) is 13.7. The van der Waals surface area contributed by atoms with E-state index in [1.165, 1.54) is 0 Å². The lowest BCUT2D eigenvalue weighted by molar-refractivity contribution is -0.121. The summed E-state index contributed by atoms with van der Waals surface area (Å²) in [6.07, 6.45) is 5.24. The highest BCUT2D eigenvalue weighted by Gasteiger charge is 2.09. The van der Waals surface area contributed by atoms with Gasteiger partial charge in [-0.05, 0) is 12.5 Å². The van der Waals surface area contributed by atoms with Gasteiger partial charge >= 0.3 is 0 Å². The van der Waals surface area contributed by atoms with E-state index in [0.717, 1.165) is 22.7 Å². The van der Waals surface area contributed by atoms with Gasteiger partial charge in [0.15, 0.2) is 11.7 Å². The van der Waals surface area contributed by atoms with Crippen molar-refractivity contribution in [3.63, 3.8) is 0 Å². The molecular formula is C21H24N4O2. The normalized spacial score (nSPS) is 10.6. The number of rotatable bonds is 8. The van der Waals surface area contributed by atoms with Gasteiger partial charge in [-0.3, -0.25) is 4.79 Å². The first kappa shape index (κ1) is 18.6. The predicted octanol–water partition coefficient (Wildman–Crippen LogP) is 3.44. The van der Waals surface area contributed by atoms with Crippen molar-refractivity contribution in [1.29, 1.82) is 0 Å². The smallest absolute Gasteiger partial charge is 0.220 e. The Morgan fingerprint density at radius 2 is 1.93 bits per heavy atom. The number of oxazole rings is 1. The molecule has 1 amide bonds. The molecule has 1 aromatic carbocycles. The van der Waals surface area contributed by atoms with Gasteiger partial charge in [-0.2, -0.15) is 0 Å². The predicted molar refractivity (Wildman–Crippen MR) is 105 cm³/mol. The summed E-state index contributed by atoms with van der Waals surface area (Å²) in [7, 11) is 3.88. The maximum absolute atomic E-state index is 12.1. The Morgan fingerprint density at radius 1 is 1.11 bits per heavy atom. The molecule has 140 valence electrons. The molecule has 0 aliphatic rings. The van der Waals surface area contributed by atoms with Crippen molar-refractivity contribution in [3.8, 4) is 11.3 Å². The van der Waals surface area contributed by atoms with Gasteiger partial charge in [-0.25, -0.2) is 9.97 Å². The second-order valence-electron chi connectivity index (χ2n) is 6.50. The van der Waals surface area contributed by atoms with Crippen LogP contribution in [-0.2, 0) is 17.8 Å². The first-order chi connectivity index (χ1) is 13.1. The molecule has 1 N–H and O–H groups in total. The summed E-state index contributed by atoms with van der Waals surface area (Å²) in [4.78, 5) is 22.7. The van der Waals surface area contributed by atoms with Gasteiger partial charge < -0.3 is 14.6 Å². The van der Waals surface area contributed by atoms with Crippen molar-refractivity contribution in [2.45, 2.75) is 25.8 Å². The molecular weight excluding hydrogens is 340 g/mol. The van der Waals surface area contributed by atoms with Gasteiger partial charge in [0.05, 0.1) is 6.20 Å². The molecule has 0 fully saturated rings. The molecule has 0 aliphatic heterocycles. The van der Waals surface area contributed by atoms with E-state index in [-0.39, 0.29) is 5.91 Å². The van der Waals surface area contributed by atoms with Crippen LogP contribution in [0.1, 0.15) is 24.3 Å². The van der Waals surface area contributed by atoms with Gasteiger partial charge in [0.2, 0.25) is 5.91 Å². The summed E-state index contributed by atoms with van der Waals surface area (Å²) < 4.78 is 5.77. The zero-order valence-electron chi connectivity index (χ0n) is 15.7. The molecule has 0 saturated heterocycles. The van der Waals surface area contributed by atoms with Crippen LogP contribution in [0.4, 0.5) is 5.82 Å². The Morgan fingerprint density at radius 3 is 2.70 bits per heavy atom. The van der Waals surface area contributed by atoms with E-state index in [0.29, 0.717) is 31.7 Å². The zero-order chi connectivity index (χ0) is 19.1. The Balaban J connectivity index is 1.45. The molecule has 27 heavy (non-hydrogen) atoms. The summed E-state index contributed by atoms with van der Waals surface area (Å²) in [5.74, 6) is 2.29. The molecule has 3 rings (SSSR count). The average molecular weight is 364 g/mol. The number of carbonyl (C=O) groups excluding carboxylic acids is 1. The molecule has 6 nitrogen and oxygen atoms in total. The highest BCUT2D eigenvalue weighted by molar-refractivity contribution is 5.76. The first-order valence-corrected chi connectivity index (χ1v) is 9.01. The molecule has 0 atom stereocenters. The third-order valence-corrected chi connectivity index (χ3v) is 4.17. The number of nitrogens with zero attached hydrogens (tertiary/aromatic N) is 3. The van der Waals surface area contributed by atoms with Gasteiger partial charge in [-0.15, -0.1) is 0 Å². The fourth-order valence-electron chi connectivity index (χ4n) is 2.82. The van der Waals surface area contributed by atoms with Crippen LogP contribution in [0, 0.1) is 0 Å². The minimum absolute atomic E-state index is 0.0124. The van der Waals surface area contributed by atoms with Crippen molar-refractivity contribution in [2.75, 3.05) is 19.0 Å². The topological polar surface area (TPSA) is 71.3 Å². The minimum atomic E-state index is 0.0124. The number of aromatic nitrogens is 2. The molecule has 0 saturated carbocycles. The minimum Gasteiger partial charge on any atom is -0.441 e. The highest BCUT2D eigenvalue weighted by Crippen LogP contribution is 2.20. The second kappa shape index (κ2) is 8.98. The van der Waals surface area contributed by atoms with Crippen molar-refractivity contribution < 1.29 is 9.21 Å². The maximum Gasteiger partial charge on any atom is 0.220 e. The van der Waals surface area contributed by atoms with Crippen LogP contribution in [-0.4, -0.2) is 30.0 Å². The van der Waals surface area contributed by atoms with E-state index < -0.39 is 0 Å². The number of pyridine rings is 1. The van der Waals surface area contributed by atoms with Crippen LogP contribution in [0.15, 0.2) is 59.3 Å². The number of aryl methyl sites for hydroxylation is 1. The number of amides is 1. The van der Waals surface area contributed by atoms with Crippen molar-refractivity contribution in [3.05, 3.63) is 66.3 Å². The fraction of sp³-hybridized carbons (Fsp3) is 0.286. The average Bonchev–Trinajstić information content (AvgIpc) is 3.16. The Bertz CT molecular complexity index is 875. The molecule has 0 spiro atoms. The first-order valence-electron chi connectivity index (χ1n) is 9.01. The van der Waals surface area contributed by atoms with E-state index in [2.05, 4.69) is 15.3 Å². The Labute approximate surface area is 159 Å². The third kappa shape index (κ3) is 5.17. The van der Waals surface area contributed by atoms with Gasteiger partial charge in [0.1, 0.15) is 5.82 Å². The van der Waals surface area contributed by atoms with Crippen molar-refractivity contribution in [1.82, 2.24) is 15.3 Å². The van der Waals surface area contributed by atoms with Crippen LogP contribution in [0.5, 0.6) is 0 Å². The quantitative estimate of drug-likeness (QED) is 0.663. The molecule has 0 radical (unpaired) electrons. The number of hydrogen-bond acceptors (Lipinski definition) is 5. The molecule has 0 aliphatic carbocycles. The van der Waals surface area contributed by atoms with Gasteiger partial charge in [0.25, 0.3) is 0 Å². The van der Waals surface area contributed by atoms with Crippen LogP contribution in [0.25, 0.3) is 11.3 Å². The van der Waals surface area contributed by atoms with Gasteiger partial charge in [-0.1, -0.05) is 36.4 Å². The summed E-state index contributed by atoms with van der Waals surface area (Å²) in [5.41, 5.74) is 2.00. The standard InChI is InChI=1S/C21H24N4O2/c1-25(2)21-17(10-7-13-22-21)14-23-19(26)11-6-12-20-24-15-18(27-20)16-8-4-3-5-9-16/h3-5,7-10,13,15H,6,11-12,14H2,1-2H3,(H,23,26). The van der Waals surface area contributed by atoms with Crippen molar-refractivity contribution >= 4 is 11.7 Å². The fourth-order valence-corrected chi connectivity index (χ4v) is 2.82. The van der Waals surface area contributed by atoms with Crippen LogP contribution >= 0.6 is 0 Å². The Kier molecular flexibility index (Phi) is 6.20. The highest BCUT2D eigenvalue weighted by atomic mass is 16.4. The van der Waals surface area contributed by atoms with Crippen molar-refractivity contribution in [2.24, 2.45) is 0 Å². The lowest BCUT2D eigenvalue weighted by Crippen LogP contribution is -2.24. The molecule has 3 aromatic rings. The Hall–Kier alpha value is -3.15. The molecule has 2 aromatic heterocycles. The number of carbonyl (C=O) groups is 1. The zero-order valence-corrected chi connectivity index (χ0v) is 15.7. The SMILES string of the molecule is CN(C)c1ncccc1CNC(=O)CCCc1ncc(-c2ccccc2)o1. The number of hydrogen-bond donors (Lipinski definition) is 1. The van der Waals surface area contributed by atoms with Crippen LogP contribution in [0.2, 0.25) is 0 Å². The van der Waals surface area contributed by atoms with E-state index in [1.54, 1.807) is 12.4 Å². The maximum atomic E-state index is 12.1. The summed E-state index contributed by atoms with van der Waals surface area (Å²) in [5, 5.41) is 2.95. The molecule has 0 unspecified atom stereocenters. The summed E-state index contributed by atoms with van der Waals surface area (Å²) in [6.45, 7) is 0.470. The number of anilines is 1. The van der Waals surface area contributed by atoms with E-state index in [9.17, 15) is 4.79 Å².